The standard InChI is InChI=1S/C20H21FN2O6S/c1-4-11-22-30(26,27)18-12-14(5-10-17(18)21)20(25)29-13(2)19(24)23-15-6-8-16(28-3)9-7-15/h4-10,12-13,22H,1,11H2,2-3H3,(H,23,24). The summed E-state index contributed by atoms with van der Waals surface area (Å²) < 4.78 is 50.5. The van der Waals surface area contributed by atoms with E-state index >= 15 is 0 Å². The van der Waals surface area contributed by atoms with Crippen molar-refractivity contribution in [2.24, 2.45) is 0 Å². The number of hydrogen-bond donors (Lipinski definition) is 2. The summed E-state index contributed by atoms with van der Waals surface area (Å²) in [6.07, 6.45) is 0.0973. The fraction of sp³-hybridized carbons (Fsp3) is 0.200. The molecule has 2 aromatic carbocycles. The van der Waals surface area contributed by atoms with Gasteiger partial charge in [-0.15, -0.1) is 6.58 Å². The van der Waals surface area contributed by atoms with Crippen molar-refractivity contribution in [2.75, 3.05) is 19.0 Å². The monoisotopic (exact) mass is 436 g/mol. The van der Waals surface area contributed by atoms with Crippen LogP contribution in [0, 0.1) is 5.82 Å². The number of nitrogens with one attached hydrogen (secondary N) is 2. The van der Waals surface area contributed by atoms with Gasteiger partial charge in [-0.1, -0.05) is 6.08 Å². The fourth-order valence-electron chi connectivity index (χ4n) is 2.28. The summed E-state index contributed by atoms with van der Waals surface area (Å²) in [4.78, 5) is 23.9. The van der Waals surface area contributed by atoms with E-state index in [4.69, 9.17) is 9.47 Å². The minimum absolute atomic E-state index is 0.112. The lowest BCUT2D eigenvalue weighted by Crippen LogP contribution is -2.30. The van der Waals surface area contributed by atoms with Crippen LogP contribution in [0.4, 0.5) is 10.1 Å². The minimum Gasteiger partial charge on any atom is -0.497 e. The van der Waals surface area contributed by atoms with E-state index in [1.165, 1.54) is 20.1 Å². The van der Waals surface area contributed by atoms with Crippen LogP contribution in [0.1, 0.15) is 17.3 Å². The third-order valence-corrected chi connectivity index (χ3v) is 5.32. The molecule has 0 aliphatic carbocycles. The third-order valence-electron chi connectivity index (χ3n) is 3.88. The van der Waals surface area contributed by atoms with Crippen LogP contribution >= 0.6 is 0 Å². The highest BCUT2D eigenvalue weighted by atomic mass is 32.2. The molecule has 0 saturated heterocycles. The molecule has 0 spiro atoms. The Bertz CT molecular complexity index is 1040. The van der Waals surface area contributed by atoms with Gasteiger partial charge in [0.15, 0.2) is 6.10 Å². The molecule has 10 heteroatoms. The first-order chi connectivity index (χ1) is 14.2. The number of methoxy groups -OCH3 is 1. The topological polar surface area (TPSA) is 111 Å². The molecule has 1 atom stereocenters. The summed E-state index contributed by atoms with van der Waals surface area (Å²) in [6, 6.07) is 9.26. The molecular formula is C20H21FN2O6S. The van der Waals surface area contributed by atoms with Crippen LogP contribution in [0.5, 0.6) is 5.75 Å². The van der Waals surface area contributed by atoms with Crippen LogP contribution in [0.2, 0.25) is 0 Å². The first-order valence-corrected chi connectivity index (χ1v) is 10.2. The smallest absolute Gasteiger partial charge is 0.338 e. The minimum atomic E-state index is -4.19. The maximum atomic E-state index is 14.0. The number of halogens is 1. The first-order valence-electron chi connectivity index (χ1n) is 8.74. The number of ether oxygens (including phenoxy) is 2. The molecule has 30 heavy (non-hydrogen) atoms. The van der Waals surface area contributed by atoms with Crippen molar-refractivity contribution in [3.05, 3.63) is 66.5 Å². The molecular weight excluding hydrogens is 415 g/mol. The van der Waals surface area contributed by atoms with Crippen molar-refractivity contribution in [3.63, 3.8) is 0 Å². The molecule has 2 N–H and O–H groups in total. The Labute approximate surface area is 173 Å². The average molecular weight is 436 g/mol. The molecule has 1 unspecified atom stereocenters. The molecule has 0 saturated carbocycles. The van der Waals surface area contributed by atoms with E-state index in [0.29, 0.717) is 11.4 Å². The van der Waals surface area contributed by atoms with Gasteiger partial charge in [-0.3, -0.25) is 4.79 Å². The lowest BCUT2D eigenvalue weighted by molar-refractivity contribution is -0.123. The van der Waals surface area contributed by atoms with Crippen molar-refractivity contribution in [3.8, 4) is 5.75 Å². The predicted molar refractivity (Wildman–Crippen MR) is 108 cm³/mol. The number of esters is 1. The molecule has 1 amide bonds. The number of amides is 1. The molecule has 0 aliphatic heterocycles. The van der Waals surface area contributed by atoms with Gasteiger partial charge >= 0.3 is 5.97 Å². The Kier molecular flexibility index (Phi) is 7.67. The predicted octanol–water partition coefficient (Wildman–Crippen LogP) is 2.48. The molecule has 0 radical (unpaired) electrons. The van der Waals surface area contributed by atoms with E-state index in [-0.39, 0.29) is 12.1 Å². The lowest BCUT2D eigenvalue weighted by atomic mass is 10.2. The lowest BCUT2D eigenvalue weighted by Gasteiger charge is -2.14. The summed E-state index contributed by atoms with van der Waals surface area (Å²) in [5.74, 6) is -2.01. The Morgan fingerprint density at radius 3 is 2.47 bits per heavy atom. The summed E-state index contributed by atoms with van der Waals surface area (Å²) in [5, 5.41) is 2.57. The van der Waals surface area contributed by atoms with Gasteiger partial charge in [-0.2, -0.15) is 0 Å². The Balaban J connectivity index is 2.09. The molecule has 0 aliphatic rings. The molecule has 8 nitrogen and oxygen atoms in total. The second kappa shape index (κ2) is 9.99. The maximum absolute atomic E-state index is 14.0. The molecule has 0 heterocycles. The number of carbonyl (C=O) groups excluding carboxylic acids is 2. The highest BCUT2D eigenvalue weighted by Crippen LogP contribution is 2.18. The fourth-order valence-corrected chi connectivity index (χ4v) is 3.38. The molecule has 0 fully saturated rings. The van der Waals surface area contributed by atoms with E-state index in [1.54, 1.807) is 24.3 Å². The van der Waals surface area contributed by atoms with Crippen molar-refractivity contribution >= 4 is 27.6 Å². The summed E-state index contributed by atoms with van der Waals surface area (Å²) in [7, 11) is -2.68. The van der Waals surface area contributed by atoms with E-state index < -0.39 is 38.7 Å². The summed E-state index contributed by atoms with van der Waals surface area (Å²) in [6.45, 7) is 4.61. The van der Waals surface area contributed by atoms with Crippen molar-refractivity contribution in [1.82, 2.24) is 4.72 Å². The van der Waals surface area contributed by atoms with E-state index in [1.807, 2.05) is 0 Å². The normalized spacial score (nSPS) is 12.0. The van der Waals surface area contributed by atoms with E-state index in [9.17, 15) is 22.4 Å². The molecule has 0 aromatic heterocycles. The van der Waals surface area contributed by atoms with Gasteiger partial charge < -0.3 is 14.8 Å². The highest BCUT2D eigenvalue weighted by Gasteiger charge is 2.23. The van der Waals surface area contributed by atoms with Crippen LogP contribution in [0.15, 0.2) is 60.0 Å². The molecule has 2 aromatic rings. The zero-order valence-corrected chi connectivity index (χ0v) is 17.2. The van der Waals surface area contributed by atoms with Crippen molar-refractivity contribution < 1.29 is 31.9 Å². The summed E-state index contributed by atoms with van der Waals surface area (Å²) in [5.41, 5.74) is 0.242. The largest absolute Gasteiger partial charge is 0.497 e. The number of rotatable bonds is 9. The number of anilines is 1. The van der Waals surface area contributed by atoms with Crippen LogP contribution in [0.3, 0.4) is 0 Å². The Hall–Kier alpha value is -3.24. The first kappa shape index (κ1) is 23.0. The third kappa shape index (κ3) is 5.88. The SMILES string of the molecule is C=CCNS(=O)(=O)c1cc(C(=O)OC(C)C(=O)Nc2ccc(OC)cc2)ccc1F. The van der Waals surface area contributed by atoms with Gasteiger partial charge in [-0.05, 0) is 49.4 Å². The van der Waals surface area contributed by atoms with Crippen LogP contribution in [0.25, 0.3) is 0 Å². The average Bonchev–Trinajstić information content (AvgIpc) is 2.72. The quantitative estimate of drug-likeness (QED) is 0.462. The van der Waals surface area contributed by atoms with E-state index in [0.717, 1.165) is 18.2 Å². The summed E-state index contributed by atoms with van der Waals surface area (Å²) >= 11 is 0. The van der Waals surface area contributed by atoms with Gasteiger partial charge in [0.25, 0.3) is 5.91 Å². The van der Waals surface area contributed by atoms with Crippen molar-refractivity contribution in [2.45, 2.75) is 17.9 Å². The van der Waals surface area contributed by atoms with Crippen LogP contribution in [-0.2, 0) is 19.6 Å². The number of benzene rings is 2. The molecule has 160 valence electrons. The highest BCUT2D eigenvalue weighted by molar-refractivity contribution is 7.89. The van der Waals surface area contributed by atoms with E-state index in [2.05, 4.69) is 16.6 Å². The van der Waals surface area contributed by atoms with Gasteiger partial charge in [0, 0.05) is 12.2 Å². The second-order valence-corrected chi connectivity index (χ2v) is 7.79. The molecule has 0 bridgehead atoms. The van der Waals surface area contributed by atoms with Crippen molar-refractivity contribution in [1.29, 1.82) is 0 Å². The van der Waals surface area contributed by atoms with Gasteiger partial charge in [0.1, 0.15) is 16.5 Å². The van der Waals surface area contributed by atoms with Gasteiger partial charge in [-0.25, -0.2) is 22.3 Å². The Morgan fingerprint density at radius 2 is 1.87 bits per heavy atom. The van der Waals surface area contributed by atoms with Crippen LogP contribution in [-0.4, -0.2) is 40.1 Å². The second-order valence-electron chi connectivity index (χ2n) is 6.05. The van der Waals surface area contributed by atoms with Crippen LogP contribution < -0.4 is 14.8 Å². The zero-order chi connectivity index (χ0) is 22.3. The Morgan fingerprint density at radius 1 is 1.20 bits per heavy atom. The maximum Gasteiger partial charge on any atom is 0.338 e. The van der Waals surface area contributed by atoms with Gasteiger partial charge in [0.2, 0.25) is 10.0 Å². The number of sulfonamides is 1. The molecule has 2 rings (SSSR count). The zero-order valence-electron chi connectivity index (χ0n) is 16.3. The number of hydrogen-bond acceptors (Lipinski definition) is 6. The number of carbonyl (C=O) groups is 2. The van der Waals surface area contributed by atoms with Gasteiger partial charge in [0.05, 0.1) is 12.7 Å².